The second-order valence-electron chi connectivity index (χ2n) is 4.36. The van der Waals surface area contributed by atoms with E-state index in [0.717, 1.165) is 11.1 Å². The Kier molecular flexibility index (Phi) is 4.06. The Morgan fingerprint density at radius 3 is 2.53 bits per heavy atom. The monoisotopic (exact) mass is 206 g/mol. The van der Waals surface area contributed by atoms with Crippen LogP contribution in [0.1, 0.15) is 31.9 Å². The average molecular weight is 206 g/mol. The molecule has 0 aromatic heterocycles. The van der Waals surface area contributed by atoms with Crippen molar-refractivity contribution in [1.82, 2.24) is 0 Å². The van der Waals surface area contributed by atoms with Gasteiger partial charge in [-0.15, -0.1) is 0 Å². The van der Waals surface area contributed by atoms with Crippen LogP contribution >= 0.6 is 0 Å². The van der Waals surface area contributed by atoms with Gasteiger partial charge in [-0.2, -0.15) is 0 Å². The maximum Gasteiger partial charge on any atom is 0.108 e. The summed E-state index contributed by atoms with van der Waals surface area (Å²) in [6.45, 7) is 10.0. The lowest BCUT2D eigenvalue weighted by molar-refractivity contribution is -0.356. The Bertz CT molecular complexity index is 324. The van der Waals surface area contributed by atoms with Crippen molar-refractivity contribution in [2.45, 2.75) is 33.0 Å². The van der Waals surface area contributed by atoms with E-state index in [4.69, 9.17) is 9.78 Å². The first-order valence-electron chi connectivity index (χ1n) is 5.04. The van der Waals surface area contributed by atoms with Gasteiger partial charge in [0.2, 0.25) is 0 Å². The Balaban J connectivity index is 2.54. The van der Waals surface area contributed by atoms with Crippen molar-refractivity contribution in [3.63, 3.8) is 0 Å². The van der Waals surface area contributed by atoms with Crippen LogP contribution in [0.4, 0.5) is 0 Å². The number of benzene rings is 1. The molecule has 0 spiro atoms. The predicted molar refractivity (Wildman–Crippen MR) is 62.2 cm³/mol. The van der Waals surface area contributed by atoms with Gasteiger partial charge in [0.05, 0.1) is 5.60 Å². The molecule has 0 heterocycles. The van der Waals surface area contributed by atoms with Crippen LogP contribution in [-0.2, 0) is 16.4 Å². The zero-order valence-electron chi connectivity index (χ0n) is 9.62. The lowest BCUT2D eigenvalue weighted by Gasteiger charge is -2.17. The number of hydrogen-bond donors (Lipinski definition) is 0. The van der Waals surface area contributed by atoms with E-state index in [1.54, 1.807) is 0 Å². The van der Waals surface area contributed by atoms with Crippen LogP contribution in [0.25, 0.3) is 6.08 Å². The first-order chi connectivity index (χ1) is 7.03. The molecule has 0 unspecified atom stereocenters. The summed E-state index contributed by atoms with van der Waals surface area (Å²) in [4.78, 5) is 10.4. The highest BCUT2D eigenvalue weighted by Crippen LogP contribution is 2.14. The van der Waals surface area contributed by atoms with Crippen LogP contribution in [-0.4, -0.2) is 5.60 Å². The molecular formula is C13H18O2. The summed E-state index contributed by atoms with van der Waals surface area (Å²) in [5, 5.41) is 0. The van der Waals surface area contributed by atoms with E-state index in [1.165, 1.54) is 0 Å². The highest BCUT2D eigenvalue weighted by molar-refractivity contribution is 5.51. The van der Waals surface area contributed by atoms with Gasteiger partial charge in [0.1, 0.15) is 6.61 Å². The first kappa shape index (κ1) is 12.0. The van der Waals surface area contributed by atoms with E-state index in [1.807, 2.05) is 51.1 Å². The Morgan fingerprint density at radius 1 is 1.27 bits per heavy atom. The standard InChI is InChI=1S/C13H18O2/c1-5-11-8-6-7-9-12(11)10-14-15-13(2,3)4/h5-9H,1,10H2,2-4H3. The fraction of sp³-hybridized carbons (Fsp3) is 0.385. The average Bonchev–Trinajstić information content (AvgIpc) is 2.16. The third-order valence-corrected chi connectivity index (χ3v) is 1.80. The minimum absolute atomic E-state index is 0.275. The molecule has 2 heteroatoms. The van der Waals surface area contributed by atoms with Crippen molar-refractivity contribution in [2.24, 2.45) is 0 Å². The molecule has 0 amide bonds. The summed E-state index contributed by atoms with van der Waals surface area (Å²) in [7, 11) is 0. The van der Waals surface area contributed by atoms with Gasteiger partial charge in [-0.05, 0) is 31.9 Å². The molecule has 82 valence electrons. The van der Waals surface area contributed by atoms with Gasteiger partial charge >= 0.3 is 0 Å². The highest BCUT2D eigenvalue weighted by Gasteiger charge is 2.11. The fourth-order valence-electron chi connectivity index (χ4n) is 1.13. The largest absolute Gasteiger partial charge is 0.231 e. The third kappa shape index (κ3) is 4.28. The van der Waals surface area contributed by atoms with E-state index in [2.05, 4.69) is 6.58 Å². The van der Waals surface area contributed by atoms with Gasteiger partial charge in [0.25, 0.3) is 0 Å². The van der Waals surface area contributed by atoms with Crippen molar-refractivity contribution in [2.75, 3.05) is 0 Å². The van der Waals surface area contributed by atoms with Crippen LogP contribution in [0, 0.1) is 0 Å². The highest BCUT2D eigenvalue weighted by atomic mass is 17.2. The molecule has 0 fully saturated rings. The van der Waals surface area contributed by atoms with E-state index >= 15 is 0 Å². The Morgan fingerprint density at radius 2 is 1.93 bits per heavy atom. The van der Waals surface area contributed by atoms with E-state index in [-0.39, 0.29) is 5.60 Å². The second kappa shape index (κ2) is 5.10. The van der Waals surface area contributed by atoms with E-state index in [0.29, 0.717) is 6.61 Å². The minimum atomic E-state index is -0.275. The lowest BCUT2D eigenvalue weighted by Crippen LogP contribution is -2.19. The van der Waals surface area contributed by atoms with E-state index in [9.17, 15) is 0 Å². The van der Waals surface area contributed by atoms with Gasteiger partial charge in [-0.3, -0.25) is 0 Å². The molecule has 0 aliphatic heterocycles. The normalized spacial score (nSPS) is 11.4. The Hall–Kier alpha value is -1.12. The van der Waals surface area contributed by atoms with Crippen molar-refractivity contribution >= 4 is 6.08 Å². The molecule has 1 rings (SSSR count). The molecule has 2 nitrogen and oxygen atoms in total. The summed E-state index contributed by atoms with van der Waals surface area (Å²) in [6.07, 6.45) is 1.82. The SMILES string of the molecule is C=Cc1ccccc1COOC(C)(C)C. The predicted octanol–water partition coefficient (Wildman–Crippen LogP) is 3.58. The van der Waals surface area contributed by atoms with Crippen LogP contribution in [0.3, 0.4) is 0 Å². The van der Waals surface area contributed by atoms with Crippen LogP contribution in [0.2, 0.25) is 0 Å². The lowest BCUT2D eigenvalue weighted by atomic mass is 10.1. The quantitative estimate of drug-likeness (QED) is 0.553. The van der Waals surface area contributed by atoms with Gasteiger partial charge in [-0.25, -0.2) is 9.78 Å². The summed E-state index contributed by atoms with van der Waals surface area (Å²) in [6, 6.07) is 7.96. The summed E-state index contributed by atoms with van der Waals surface area (Å²) in [5.74, 6) is 0. The zero-order valence-corrected chi connectivity index (χ0v) is 9.62. The zero-order chi connectivity index (χ0) is 11.3. The maximum absolute atomic E-state index is 5.20. The van der Waals surface area contributed by atoms with Crippen LogP contribution in [0.5, 0.6) is 0 Å². The maximum atomic E-state index is 5.20. The number of hydrogen-bond acceptors (Lipinski definition) is 2. The number of rotatable bonds is 4. The topological polar surface area (TPSA) is 18.5 Å². The van der Waals surface area contributed by atoms with Crippen molar-refractivity contribution < 1.29 is 9.78 Å². The van der Waals surface area contributed by atoms with Crippen molar-refractivity contribution in [3.8, 4) is 0 Å². The van der Waals surface area contributed by atoms with Gasteiger partial charge in [-0.1, -0.05) is 36.9 Å². The molecule has 15 heavy (non-hydrogen) atoms. The molecule has 1 aromatic carbocycles. The van der Waals surface area contributed by atoms with Crippen LogP contribution < -0.4 is 0 Å². The summed E-state index contributed by atoms with van der Waals surface area (Å²) >= 11 is 0. The molecule has 0 aliphatic carbocycles. The summed E-state index contributed by atoms with van der Waals surface area (Å²) < 4.78 is 0. The van der Waals surface area contributed by atoms with Crippen LogP contribution in [0.15, 0.2) is 30.8 Å². The fourth-order valence-corrected chi connectivity index (χ4v) is 1.13. The third-order valence-electron chi connectivity index (χ3n) is 1.80. The molecule has 0 radical (unpaired) electrons. The molecular weight excluding hydrogens is 188 g/mol. The van der Waals surface area contributed by atoms with Crippen molar-refractivity contribution in [1.29, 1.82) is 0 Å². The second-order valence-corrected chi connectivity index (χ2v) is 4.36. The molecule has 1 aromatic rings. The smallest absolute Gasteiger partial charge is 0.108 e. The Labute approximate surface area is 91.5 Å². The van der Waals surface area contributed by atoms with Crippen molar-refractivity contribution in [3.05, 3.63) is 42.0 Å². The molecule has 0 bridgehead atoms. The van der Waals surface area contributed by atoms with Gasteiger partial charge in [0.15, 0.2) is 0 Å². The molecule has 0 saturated carbocycles. The molecule has 0 N–H and O–H groups in total. The van der Waals surface area contributed by atoms with Gasteiger partial charge < -0.3 is 0 Å². The molecule has 0 aliphatic rings. The molecule has 0 atom stereocenters. The summed E-state index contributed by atoms with van der Waals surface area (Å²) in [5.41, 5.74) is 1.88. The van der Waals surface area contributed by atoms with E-state index < -0.39 is 0 Å². The first-order valence-corrected chi connectivity index (χ1v) is 5.04. The minimum Gasteiger partial charge on any atom is -0.231 e. The molecule has 0 saturated heterocycles. The van der Waals surface area contributed by atoms with Gasteiger partial charge in [0, 0.05) is 0 Å².